The molecule has 27 heavy (non-hydrogen) atoms. The Morgan fingerprint density at radius 2 is 1.81 bits per heavy atom. The molecule has 152 valence electrons. The third kappa shape index (κ3) is 2.96. The van der Waals surface area contributed by atoms with Gasteiger partial charge in [0.2, 0.25) is 0 Å². The van der Waals surface area contributed by atoms with Gasteiger partial charge in [0.25, 0.3) is 5.56 Å². The number of nitrogens with one attached hydrogen (secondary N) is 1. The van der Waals surface area contributed by atoms with Gasteiger partial charge in [0, 0.05) is 22.3 Å². The van der Waals surface area contributed by atoms with E-state index in [4.69, 9.17) is 13.6 Å². The largest absolute Gasteiger partial charge is 0.391 e. The van der Waals surface area contributed by atoms with Crippen LogP contribution in [-0.2, 0) is 19.3 Å². The Morgan fingerprint density at radius 1 is 1.22 bits per heavy atom. The van der Waals surface area contributed by atoms with Crippen molar-refractivity contribution in [1.29, 1.82) is 0 Å². The number of nitrogens with zero attached hydrogens (tertiary/aromatic N) is 1. The fraction of sp³-hybridized carbons (Fsp3) is 0.778. The Bertz CT molecular complexity index is 822. The Hall–Kier alpha value is -1.26. The van der Waals surface area contributed by atoms with Gasteiger partial charge in [0.05, 0.1) is 6.61 Å². The van der Waals surface area contributed by atoms with Crippen LogP contribution < -0.4 is 11.2 Å². The fourth-order valence-corrected chi connectivity index (χ4v) is 9.48. The van der Waals surface area contributed by atoms with Crippen molar-refractivity contribution in [2.45, 2.75) is 82.6 Å². The first-order valence-electron chi connectivity index (χ1n) is 9.23. The number of rotatable bonds is 1. The second-order valence-corrected chi connectivity index (χ2v) is 14.4. The van der Waals surface area contributed by atoms with Gasteiger partial charge in [-0.2, -0.15) is 0 Å². The highest BCUT2D eigenvalue weighted by molar-refractivity contribution is 6.73. The molecule has 0 saturated carbocycles. The van der Waals surface area contributed by atoms with Crippen molar-refractivity contribution >= 4 is 8.56 Å². The number of aromatic nitrogens is 2. The van der Waals surface area contributed by atoms with E-state index in [1.54, 1.807) is 6.92 Å². The molecule has 0 aromatic carbocycles. The van der Waals surface area contributed by atoms with Crippen molar-refractivity contribution in [3.8, 4) is 0 Å². The van der Waals surface area contributed by atoms with Crippen LogP contribution in [-0.4, -0.2) is 48.1 Å². The third-order valence-electron chi connectivity index (χ3n) is 5.65. The first-order valence-corrected chi connectivity index (χ1v) is 11.0. The van der Waals surface area contributed by atoms with Gasteiger partial charge in [-0.05, 0) is 6.92 Å². The summed E-state index contributed by atoms with van der Waals surface area (Å²) in [6.45, 7) is 14.5. The van der Waals surface area contributed by atoms with Gasteiger partial charge >= 0.3 is 14.3 Å². The van der Waals surface area contributed by atoms with Crippen molar-refractivity contribution in [2.75, 3.05) is 6.61 Å². The van der Waals surface area contributed by atoms with Gasteiger partial charge in [0.1, 0.15) is 18.3 Å². The Kier molecular flexibility index (Phi) is 4.64. The molecule has 0 spiro atoms. The van der Waals surface area contributed by atoms with E-state index in [1.165, 1.54) is 16.8 Å². The van der Waals surface area contributed by atoms with Crippen molar-refractivity contribution in [3.63, 3.8) is 0 Å². The van der Waals surface area contributed by atoms with Crippen LogP contribution in [0.5, 0.6) is 0 Å². The van der Waals surface area contributed by atoms with Crippen LogP contribution in [0.1, 0.15) is 48.5 Å². The predicted octanol–water partition coefficient (Wildman–Crippen LogP) is 1.43. The lowest BCUT2D eigenvalue weighted by molar-refractivity contribution is -0.138. The topological polar surface area (TPSA) is 103 Å². The summed E-state index contributed by atoms with van der Waals surface area (Å²) in [6, 6.07) is 1.23. The maximum absolute atomic E-state index is 12.3. The molecule has 1 aromatic rings. The van der Waals surface area contributed by atoms with Crippen molar-refractivity contribution in [1.82, 2.24) is 9.55 Å². The van der Waals surface area contributed by atoms with Gasteiger partial charge in [-0.3, -0.25) is 14.3 Å². The first kappa shape index (κ1) is 20.5. The Morgan fingerprint density at radius 3 is 2.33 bits per heavy atom. The van der Waals surface area contributed by atoms with E-state index in [2.05, 4.69) is 46.5 Å². The number of ether oxygens (including phenoxy) is 1. The molecule has 0 amide bonds. The highest BCUT2D eigenvalue weighted by Gasteiger charge is 2.66. The highest BCUT2D eigenvalue weighted by atomic mass is 28.4. The van der Waals surface area contributed by atoms with Crippen LogP contribution in [0.3, 0.4) is 0 Å². The number of hydrogen-bond donors (Lipinski definition) is 2. The molecular weight excluding hydrogens is 368 g/mol. The molecule has 0 aliphatic carbocycles. The average molecular weight is 399 g/mol. The number of aromatic amines is 1. The zero-order valence-corrected chi connectivity index (χ0v) is 18.0. The van der Waals surface area contributed by atoms with E-state index >= 15 is 0 Å². The quantitative estimate of drug-likeness (QED) is 0.694. The van der Waals surface area contributed by atoms with Crippen molar-refractivity contribution < 1.29 is 18.7 Å². The van der Waals surface area contributed by atoms with Crippen LogP contribution in [0.4, 0.5) is 0 Å². The van der Waals surface area contributed by atoms with Crippen molar-refractivity contribution in [2.24, 2.45) is 0 Å². The summed E-state index contributed by atoms with van der Waals surface area (Å²) in [5, 5.41) is 10.7. The van der Waals surface area contributed by atoms with E-state index in [9.17, 15) is 14.7 Å². The van der Waals surface area contributed by atoms with Gasteiger partial charge in [-0.1, -0.05) is 41.5 Å². The number of H-pyrrole nitrogens is 1. The van der Waals surface area contributed by atoms with E-state index < -0.39 is 43.8 Å². The third-order valence-corrected chi connectivity index (χ3v) is 10.8. The number of aliphatic hydroxyl groups is 1. The van der Waals surface area contributed by atoms with E-state index in [1.807, 2.05) is 0 Å². The van der Waals surface area contributed by atoms with Gasteiger partial charge < -0.3 is 18.7 Å². The number of hydrogen-bond acceptors (Lipinski definition) is 6. The summed E-state index contributed by atoms with van der Waals surface area (Å²) in [4.78, 5) is 25.9. The Balaban J connectivity index is 2.02. The van der Waals surface area contributed by atoms with Crippen LogP contribution >= 0.6 is 0 Å². The molecule has 2 N–H and O–H groups in total. The standard InChI is InChI=1S/C18H30N2O6Si/c1-16(2,3)27(17(4,5)6)24-10-11-13(26-27)14(22)18(7,25-11)20-9-8-12(21)19-15(20)23/h8-9,11,13-14,22H,10H2,1-7H3,(H,19,21,23)/t11-,13-,14-,18-/m1/s1. The molecule has 2 saturated heterocycles. The van der Waals surface area contributed by atoms with Gasteiger partial charge in [-0.25, -0.2) is 4.79 Å². The lowest BCUT2D eigenvalue weighted by atomic mass is 10.0. The number of fused-ring (bicyclic) bond motifs is 1. The van der Waals surface area contributed by atoms with E-state index in [0.717, 1.165) is 0 Å². The van der Waals surface area contributed by atoms with Crippen LogP contribution in [0.15, 0.2) is 21.9 Å². The molecule has 1 aromatic heterocycles. The monoisotopic (exact) mass is 398 g/mol. The second kappa shape index (κ2) is 6.12. The minimum Gasteiger partial charge on any atom is -0.391 e. The Labute approximate surface area is 159 Å². The van der Waals surface area contributed by atoms with Crippen molar-refractivity contribution in [3.05, 3.63) is 33.1 Å². The smallest absolute Gasteiger partial charge is 0.349 e. The second-order valence-electron chi connectivity index (χ2n) is 9.65. The maximum Gasteiger partial charge on any atom is 0.349 e. The summed E-state index contributed by atoms with van der Waals surface area (Å²) in [6.07, 6.45) is -0.880. The molecule has 3 heterocycles. The molecule has 4 atom stereocenters. The number of aliphatic hydroxyl groups excluding tert-OH is 1. The minimum absolute atomic E-state index is 0.232. The summed E-state index contributed by atoms with van der Waals surface area (Å²) in [5.74, 6) is 0. The first-order chi connectivity index (χ1) is 12.2. The predicted molar refractivity (Wildman–Crippen MR) is 102 cm³/mol. The normalized spacial score (nSPS) is 33.7. The van der Waals surface area contributed by atoms with Crippen LogP contribution in [0, 0.1) is 0 Å². The maximum atomic E-state index is 12.3. The molecular formula is C18H30N2O6Si. The zero-order valence-electron chi connectivity index (χ0n) is 17.0. The lowest BCUT2D eigenvalue weighted by Gasteiger charge is -2.53. The summed E-state index contributed by atoms with van der Waals surface area (Å²) in [7, 11) is -2.78. The summed E-state index contributed by atoms with van der Waals surface area (Å²) >= 11 is 0. The van der Waals surface area contributed by atoms with Crippen LogP contribution in [0.25, 0.3) is 0 Å². The SMILES string of the molecule is CC(C)(C)[Si]1(C(C)(C)C)OC[C@H]2O[C@@](C)(n3ccc(=O)[nH]c3=O)[C@H](O)[C@@H]2O1. The van der Waals surface area contributed by atoms with Gasteiger partial charge in [-0.15, -0.1) is 0 Å². The molecule has 0 radical (unpaired) electrons. The van der Waals surface area contributed by atoms with Gasteiger partial charge in [0.15, 0.2) is 5.72 Å². The van der Waals surface area contributed by atoms with Crippen LogP contribution in [0.2, 0.25) is 10.1 Å². The van der Waals surface area contributed by atoms with E-state index in [-0.39, 0.29) is 16.7 Å². The molecule has 8 nitrogen and oxygen atoms in total. The molecule has 2 fully saturated rings. The lowest BCUT2D eigenvalue weighted by Crippen LogP contribution is -2.65. The fourth-order valence-electron chi connectivity index (χ4n) is 4.52. The summed E-state index contributed by atoms with van der Waals surface area (Å²) in [5.41, 5.74) is -2.50. The molecule has 9 heteroatoms. The zero-order chi connectivity index (χ0) is 20.4. The van der Waals surface area contributed by atoms with E-state index in [0.29, 0.717) is 0 Å². The molecule has 0 unspecified atom stereocenters. The minimum atomic E-state index is -2.78. The molecule has 3 rings (SSSR count). The molecule has 2 aliphatic rings. The molecule has 0 bridgehead atoms. The highest BCUT2D eigenvalue weighted by Crippen LogP contribution is 2.56. The summed E-state index contributed by atoms with van der Waals surface area (Å²) < 4.78 is 20.2. The average Bonchev–Trinajstić information content (AvgIpc) is 2.76. The molecule has 2 aliphatic heterocycles.